The van der Waals surface area contributed by atoms with Gasteiger partial charge in [0.1, 0.15) is 0 Å². The topological polar surface area (TPSA) is 33.7 Å². The molecule has 1 atom stereocenters. The fraction of sp³-hybridized carbons (Fsp3) is 0.400. The zero-order valence-electron chi connectivity index (χ0n) is 15.1. The van der Waals surface area contributed by atoms with Gasteiger partial charge in [0.2, 0.25) is 0 Å². The second-order valence-electron chi connectivity index (χ2n) is 6.32. The van der Waals surface area contributed by atoms with Gasteiger partial charge in [-0.3, -0.25) is 4.90 Å². The molecule has 0 aliphatic carbocycles. The highest BCUT2D eigenvalue weighted by molar-refractivity contribution is 5.85. The van der Waals surface area contributed by atoms with Gasteiger partial charge in [0.15, 0.2) is 11.5 Å². The summed E-state index contributed by atoms with van der Waals surface area (Å²) in [5.74, 6) is 1.56. The molecule has 1 aliphatic rings. The van der Waals surface area contributed by atoms with Crippen molar-refractivity contribution in [2.75, 3.05) is 33.9 Å². The molecule has 0 amide bonds. The fourth-order valence-corrected chi connectivity index (χ4v) is 3.34. The predicted molar refractivity (Wildman–Crippen MR) is 105 cm³/mol. The van der Waals surface area contributed by atoms with Crippen LogP contribution in [0, 0.1) is 0 Å². The van der Waals surface area contributed by atoms with Gasteiger partial charge in [-0.15, -0.1) is 12.4 Å². The van der Waals surface area contributed by atoms with Gasteiger partial charge in [-0.25, -0.2) is 0 Å². The number of hydrogen-bond acceptors (Lipinski definition) is 4. The first-order chi connectivity index (χ1) is 11.7. The lowest BCUT2D eigenvalue weighted by molar-refractivity contribution is 0.199. The Hall–Kier alpha value is -1.75. The van der Waals surface area contributed by atoms with Crippen LogP contribution in [-0.2, 0) is 6.54 Å². The quantitative estimate of drug-likeness (QED) is 0.881. The molecule has 0 bridgehead atoms. The number of methoxy groups -OCH3 is 2. The van der Waals surface area contributed by atoms with Crippen LogP contribution in [0.25, 0.3) is 11.1 Å². The molecule has 0 radical (unpaired) electrons. The summed E-state index contributed by atoms with van der Waals surface area (Å²) in [5, 5.41) is 3.50. The van der Waals surface area contributed by atoms with Gasteiger partial charge in [-0.1, -0.05) is 30.3 Å². The molecule has 1 saturated heterocycles. The van der Waals surface area contributed by atoms with E-state index in [1.165, 1.54) is 16.7 Å². The maximum Gasteiger partial charge on any atom is 0.161 e. The Kier molecular flexibility index (Phi) is 7.12. The number of halogens is 1. The largest absolute Gasteiger partial charge is 0.493 e. The molecule has 1 fully saturated rings. The molecule has 2 aromatic carbocycles. The lowest BCUT2D eigenvalue weighted by Crippen LogP contribution is -2.48. The third-order valence-electron chi connectivity index (χ3n) is 4.54. The monoisotopic (exact) mass is 362 g/mol. The predicted octanol–water partition coefficient (Wildman–Crippen LogP) is 3.59. The van der Waals surface area contributed by atoms with Crippen molar-refractivity contribution in [3.05, 3.63) is 48.0 Å². The van der Waals surface area contributed by atoms with Crippen LogP contribution in [0.15, 0.2) is 42.5 Å². The smallest absolute Gasteiger partial charge is 0.161 e. The van der Waals surface area contributed by atoms with Gasteiger partial charge in [-0.2, -0.15) is 0 Å². The number of nitrogens with zero attached hydrogens (tertiary/aromatic N) is 1. The van der Waals surface area contributed by atoms with Crippen molar-refractivity contribution in [2.45, 2.75) is 19.5 Å². The fourth-order valence-electron chi connectivity index (χ4n) is 3.34. The normalized spacial score (nSPS) is 17.6. The SMILES string of the molecule is COc1cc(CN2CCNC(C)C2)c(-c2ccccc2)cc1OC.Cl. The molecule has 5 heteroatoms. The minimum atomic E-state index is 0. The maximum absolute atomic E-state index is 5.52. The van der Waals surface area contributed by atoms with Crippen LogP contribution >= 0.6 is 12.4 Å². The third-order valence-corrected chi connectivity index (χ3v) is 4.54. The Balaban J connectivity index is 0.00000225. The van der Waals surface area contributed by atoms with E-state index in [9.17, 15) is 0 Å². The Morgan fingerprint density at radius 2 is 1.76 bits per heavy atom. The van der Waals surface area contributed by atoms with Crippen molar-refractivity contribution in [3.8, 4) is 22.6 Å². The molecule has 3 rings (SSSR count). The van der Waals surface area contributed by atoms with Crippen molar-refractivity contribution in [1.82, 2.24) is 10.2 Å². The van der Waals surface area contributed by atoms with Crippen LogP contribution in [0.2, 0.25) is 0 Å². The maximum atomic E-state index is 5.52. The van der Waals surface area contributed by atoms with Crippen molar-refractivity contribution in [2.24, 2.45) is 0 Å². The molecule has 1 aliphatic heterocycles. The second-order valence-corrected chi connectivity index (χ2v) is 6.32. The number of rotatable bonds is 5. The van der Waals surface area contributed by atoms with E-state index in [-0.39, 0.29) is 12.4 Å². The van der Waals surface area contributed by atoms with Crippen LogP contribution in [0.1, 0.15) is 12.5 Å². The molecule has 136 valence electrons. The van der Waals surface area contributed by atoms with Gasteiger partial charge < -0.3 is 14.8 Å². The van der Waals surface area contributed by atoms with Crippen LogP contribution in [0.4, 0.5) is 0 Å². The highest BCUT2D eigenvalue weighted by Crippen LogP contribution is 2.36. The molecule has 4 nitrogen and oxygen atoms in total. The van der Waals surface area contributed by atoms with Crippen molar-refractivity contribution >= 4 is 12.4 Å². The molecule has 1 heterocycles. The van der Waals surface area contributed by atoms with Crippen molar-refractivity contribution < 1.29 is 9.47 Å². The Morgan fingerprint density at radius 3 is 2.40 bits per heavy atom. The van der Waals surface area contributed by atoms with Gasteiger partial charge in [-0.05, 0) is 35.7 Å². The standard InChI is InChI=1S/C20H26N2O2.ClH/c1-15-13-22(10-9-21-15)14-17-11-19(23-2)20(24-3)12-18(17)16-7-5-4-6-8-16;/h4-8,11-12,15,21H,9-10,13-14H2,1-3H3;1H. The first-order valence-corrected chi connectivity index (χ1v) is 8.47. The van der Waals surface area contributed by atoms with Crippen LogP contribution in [-0.4, -0.2) is 44.8 Å². The zero-order valence-corrected chi connectivity index (χ0v) is 15.9. The van der Waals surface area contributed by atoms with Gasteiger partial charge in [0.05, 0.1) is 14.2 Å². The summed E-state index contributed by atoms with van der Waals surface area (Å²) in [6, 6.07) is 15.2. The Morgan fingerprint density at radius 1 is 1.08 bits per heavy atom. The number of piperazine rings is 1. The third kappa shape index (κ3) is 4.66. The molecule has 0 aromatic heterocycles. The summed E-state index contributed by atoms with van der Waals surface area (Å²) in [5.41, 5.74) is 3.68. The molecular formula is C20H27ClN2O2. The number of ether oxygens (including phenoxy) is 2. The van der Waals surface area contributed by atoms with Crippen LogP contribution < -0.4 is 14.8 Å². The van der Waals surface area contributed by atoms with Gasteiger partial charge in [0, 0.05) is 32.2 Å². The summed E-state index contributed by atoms with van der Waals surface area (Å²) >= 11 is 0. The highest BCUT2D eigenvalue weighted by Gasteiger charge is 2.19. The van der Waals surface area contributed by atoms with E-state index in [4.69, 9.17) is 9.47 Å². The number of nitrogens with one attached hydrogen (secondary N) is 1. The summed E-state index contributed by atoms with van der Waals surface area (Å²) < 4.78 is 11.0. The van der Waals surface area contributed by atoms with E-state index in [0.717, 1.165) is 37.7 Å². The van der Waals surface area contributed by atoms with Crippen molar-refractivity contribution in [1.29, 1.82) is 0 Å². The highest BCUT2D eigenvalue weighted by atomic mass is 35.5. The molecule has 1 unspecified atom stereocenters. The average molecular weight is 363 g/mol. The van der Waals surface area contributed by atoms with E-state index >= 15 is 0 Å². The van der Waals surface area contributed by atoms with Crippen LogP contribution in [0.5, 0.6) is 11.5 Å². The number of hydrogen-bond donors (Lipinski definition) is 1. The summed E-state index contributed by atoms with van der Waals surface area (Å²) in [6.07, 6.45) is 0. The zero-order chi connectivity index (χ0) is 16.9. The molecule has 0 saturated carbocycles. The molecule has 0 spiro atoms. The Bertz CT molecular complexity index is 679. The lowest BCUT2D eigenvalue weighted by atomic mass is 9.98. The molecular weight excluding hydrogens is 336 g/mol. The lowest BCUT2D eigenvalue weighted by Gasteiger charge is -2.32. The first-order valence-electron chi connectivity index (χ1n) is 8.47. The molecule has 25 heavy (non-hydrogen) atoms. The summed E-state index contributed by atoms with van der Waals surface area (Å²) in [7, 11) is 3.38. The van der Waals surface area contributed by atoms with Gasteiger partial charge in [0.25, 0.3) is 0 Å². The minimum Gasteiger partial charge on any atom is -0.493 e. The number of benzene rings is 2. The van der Waals surface area contributed by atoms with Crippen molar-refractivity contribution in [3.63, 3.8) is 0 Å². The molecule has 2 aromatic rings. The summed E-state index contributed by atoms with van der Waals surface area (Å²) in [4.78, 5) is 2.49. The van der Waals surface area contributed by atoms with E-state index in [2.05, 4.69) is 53.5 Å². The second kappa shape index (κ2) is 9.09. The van der Waals surface area contributed by atoms with E-state index in [1.54, 1.807) is 14.2 Å². The minimum absolute atomic E-state index is 0. The van der Waals surface area contributed by atoms with E-state index in [1.807, 2.05) is 6.07 Å². The Labute approximate surface area is 156 Å². The van der Waals surface area contributed by atoms with Gasteiger partial charge >= 0.3 is 0 Å². The van der Waals surface area contributed by atoms with E-state index < -0.39 is 0 Å². The first kappa shape index (κ1) is 19.6. The van der Waals surface area contributed by atoms with Crippen LogP contribution in [0.3, 0.4) is 0 Å². The average Bonchev–Trinajstić information content (AvgIpc) is 2.62. The van der Waals surface area contributed by atoms with E-state index in [0.29, 0.717) is 6.04 Å². The molecule has 1 N–H and O–H groups in total. The summed E-state index contributed by atoms with van der Waals surface area (Å²) in [6.45, 7) is 6.31.